The van der Waals surface area contributed by atoms with Crippen LogP contribution in [-0.2, 0) is 0 Å². The Morgan fingerprint density at radius 3 is 2.37 bits per heavy atom. The predicted molar refractivity (Wildman–Crippen MR) is 70.9 cm³/mol. The number of alkyl halides is 2. The zero-order valence-corrected chi connectivity index (χ0v) is 11.3. The van der Waals surface area contributed by atoms with Crippen LogP contribution in [0.2, 0.25) is 0 Å². The van der Waals surface area contributed by atoms with Crippen LogP contribution in [0.15, 0.2) is 0 Å². The van der Waals surface area contributed by atoms with E-state index in [4.69, 9.17) is 11.5 Å². The highest BCUT2D eigenvalue weighted by molar-refractivity contribution is 7.19. The molecule has 5 nitrogen and oxygen atoms in total. The lowest BCUT2D eigenvalue weighted by atomic mass is 10.1. The minimum Gasteiger partial charge on any atom is -0.397 e. The largest absolute Gasteiger partial charge is 0.397 e. The lowest BCUT2D eigenvalue weighted by Gasteiger charge is -2.04. The van der Waals surface area contributed by atoms with Crippen LogP contribution in [0.3, 0.4) is 0 Å². The fraction of sp³-hybridized carbons (Fsp3) is 0.455. The molecule has 0 spiro atoms. The number of nitrogens with one attached hydrogen (secondary N) is 1. The van der Waals surface area contributed by atoms with Crippen LogP contribution in [0.5, 0.6) is 0 Å². The zero-order valence-electron chi connectivity index (χ0n) is 10.5. The lowest BCUT2D eigenvalue weighted by Crippen LogP contribution is -2.17. The van der Waals surface area contributed by atoms with Gasteiger partial charge in [-0.15, -0.1) is 11.3 Å². The number of carbonyl (C=O) groups excluding carboxylic acids is 2. The van der Waals surface area contributed by atoms with Crippen molar-refractivity contribution in [3.63, 3.8) is 0 Å². The van der Waals surface area contributed by atoms with Gasteiger partial charge in [0.1, 0.15) is 5.00 Å². The number of hydrogen-bond donors (Lipinski definition) is 3. The lowest BCUT2D eigenvalue weighted by molar-refractivity contribution is 0.0944. The van der Waals surface area contributed by atoms with E-state index in [0.29, 0.717) is 0 Å². The molecule has 1 aromatic heterocycles. The molecule has 0 unspecified atom stereocenters. The third kappa shape index (κ3) is 3.40. The number of primary amides is 1. The molecule has 1 heterocycles. The Morgan fingerprint density at radius 2 is 1.95 bits per heavy atom. The molecule has 1 aromatic rings. The van der Waals surface area contributed by atoms with Crippen molar-refractivity contribution in [1.82, 2.24) is 0 Å². The van der Waals surface area contributed by atoms with E-state index in [1.54, 1.807) is 13.8 Å². The third-order valence-corrected chi connectivity index (χ3v) is 3.53. The molecule has 0 aromatic carbocycles. The van der Waals surface area contributed by atoms with E-state index >= 15 is 0 Å². The summed E-state index contributed by atoms with van der Waals surface area (Å²) in [5.41, 5.74) is 10.7. The van der Waals surface area contributed by atoms with Gasteiger partial charge in [-0.05, 0) is 0 Å². The first-order valence-corrected chi connectivity index (χ1v) is 6.35. The molecule has 8 heteroatoms. The van der Waals surface area contributed by atoms with Gasteiger partial charge >= 0.3 is 0 Å². The summed E-state index contributed by atoms with van der Waals surface area (Å²) in [5, 5.41) is 2.49. The highest BCUT2D eigenvalue weighted by Crippen LogP contribution is 2.36. The summed E-state index contributed by atoms with van der Waals surface area (Å²) in [5.74, 6) is -1.42. The Bertz CT molecular complexity index is 500. The Labute approximate surface area is 113 Å². The molecule has 1 rings (SSSR count). The second-order valence-corrected chi connectivity index (χ2v) is 5.22. The molecule has 0 aliphatic rings. The molecule has 0 radical (unpaired) electrons. The van der Waals surface area contributed by atoms with Gasteiger partial charge in [0.2, 0.25) is 0 Å². The van der Waals surface area contributed by atoms with E-state index in [1.807, 2.05) is 0 Å². The van der Waals surface area contributed by atoms with E-state index in [2.05, 4.69) is 5.32 Å². The van der Waals surface area contributed by atoms with Gasteiger partial charge in [-0.25, -0.2) is 8.78 Å². The normalized spacial score (nSPS) is 11.1. The van der Waals surface area contributed by atoms with E-state index in [1.165, 1.54) is 0 Å². The number of nitrogens with two attached hydrogens (primary N) is 2. The van der Waals surface area contributed by atoms with Gasteiger partial charge in [0, 0.05) is 5.92 Å². The molecule has 0 saturated carbocycles. The number of halogens is 2. The van der Waals surface area contributed by atoms with Crippen LogP contribution in [0.4, 0.5) is 19.5 Å². The number of thiophene rings is 1. The molecule has 0 aliphatic heterocycles. The summed E-state index contributed by atoms with van der Waals surface area (Å²) in [6.45, 7) is 2.71. The minimum absolute atomic E-state index is 0.0482. The third-order valence-electron chi connectivity index (χ3n) is 2.36. The first kappa shape index (κ1) is 15.4. The van der Waals surface area contributed by atoms with Gasteiger partial charge in [0.05, 0.1) is 22.7 Å². The van der Waals surface area contributed by atoms with Gasteiger partial charge in [-0.1, -0.05) is 13.8 Å². The number of carbonyl (C=O) groups is 2. The van der Waals surface area contributed by atoms with Crippen LogP contribution in [0.25, 0.3) is 0 Å². The van der Waals surface area contributed by atoms with Crippen molar-refractivity contribution in [3.8, 4) is 0 Å². The van der Waals surface area contributed by atoms with Crippen LogP contribution in [0.1, 0.15) is 33.9 Å². The van der Waals surface area contributed by atoms with Crippen LogP contribution in [0, 0.1) is 5.92 Å². The Morgan fingerprint density at radius 1 is 1.37 bits per heavy atom. The smallest absolute Gasteiger partial charge is 0.255 e. The van der Waals surface area contributed by atoms with Gasteiger partial charge in [-0.2, -0.15) is 0 Å². The topological polar surface area (TPSA) is 98.2 Å². The number of Topliss-reactive ketones (excluding diaryl/α,β-unsaturated/α-hetero) is 1. The molecule has 1 amide bonds. The van der Waals surface area contributed by atoms with E-state index < -0.39 is 18.9 Å². The van der Waals surface area contributed by atoms with Crippen molar-refractivity contribution >= 4 is 33.7 Å². The number of amides is 1. The summed E-state index contributed by atoms with van der Waals surface area (Å²) in [7, 11) is 0. The highest BCUT2D eigenvalue weighted by Gasteiger charge is 2.25. The highest BCUT2D eigenvalue weighted by atomic mass is 32.1. The molecule has 0 fully saturated rings. The first-order valence-electron chi connectivity index (χ1n) is 5.54. The fourth-order valence-corrected chi connectivity index (χ4v) is 2.65. The Kier molecular flexibility index (Phi) is 4.82. The van der Waals surface area contributed by atoms with Crippen molar-refractivity contribution in [3.05, 3.63) is 10.4 Å². The van der Waals surface area contributed by atoms with Gasteiger partial charge < -0.3 is 16.8 Å². The van der Waals surface area contributed by atoms with E-state index in [-0.39, 0.29) is 32.8 Å². The first-order chi connectivity index (χ1) is 8.75. The summed E-state index contributed by atoms with van der Waals surface area (Å²) in [6.07, 6.45) is -2.59. The van der Waals surface area contributed by atoms with Crippen LogP contribution < -0.4 is 16.8 Å². The van der Waals surface area contributed by atoms with Crippen molar-refractivity contribution in [2.45, 2.75) is 20.3 Å². The summed E-state index contributed by atoms with van der Waals surface area (Å²) >= 11 is 0.873. The summed E-state index contributed by atoms with van der Waals surface area (Å²) in [4.78, 5) is 23.4. The molecule has 106 valence electrons. The van der Waals surface area contributed by atoms with Crippen molar-refractivity contribution in [2.75, 3.05) is 17.6 Å². The molecule has 0 saturated heterocycles. The Balaban J connectivity index is 3.20. The minimum atomic E-state index is -2.59. The molecular weight excluding hydrogens is 276 g/mol. The van der Waals surface area contributed by atoms with Crippen LogP contribution in [-0.4, -0.2) is 24.7 Å². The second-order valence-electron chi connectivity index (χ2n) is 4.20. The number of ketones is 1. The quantitative estimate of drug-likeness (QED) is 0.698. The number of nitrogen functional groups attached to an aromatic ring is 1. The van der Waals surface area contributed by atoms with Gasteiger partial charge in [0.25, 0.3) is 12.3 Å². The van der Waals surface area contributed by atoms with Crippen molar-refractivity contribution in [2.24, 2.45) is 11.7 Å². The maximum atomic E-state index is 12.2. The molecule has 0 bridgehead atoms. The van der Waals surface area contributed by atoms with E-state index in [0.717, 1.165) is 11.3 Å². The van der Waals surface area contributed by atoms with E-state index in [9.17, 15) is 18.4 Å². The second kappa shape index (κ2) is 5.96. The Hall–Kier alpha value is -1.70. The maximum absolute atomic E-state index is 12.2. The standard InChI is InChI=1S/C11H15F2N3O2S/c1-4(2)8(17)9-7(14)6(10(15)18)11(19-9)16-3-5(12)13/h4-5,16H,3,14H2,1-2H3,(H2,15,18). The monoisotopic (exact) mass is 291 g/mol. The maximum Gasteiger partial charge on any atom is 0.255 e. The van der Waals surface area contributed by atoms with Crippen molar-refractivity contribution < 1.29 is 18.4 Å². The van der Waals surface area contributed by atoms with Crippen molar-refractivity contribution in [1.29, 1.82) is 0 Å². The number of hydrogen-bond acceptors (Lipinski definition) is 5. The fourth-order valence-electron chi connectivity index (χ4n) is 1.43. The average Bonchev–Trinajstić information content (AvgIpc) is 2.62. The molecule has 0 atom stereocenters. The molecular formula is C11H15F2N3O2S. The SMILES string of the molecule is CC(C)C(=O)c1sc(NCC(F)F)c(C(N)=O)c1N. The molecule has 5 N–H and O–H groups in total. The summed E-state index contributed by atoms with van der Waals surface area (Å²) < 4.78 is 24.4. The van der Waals surface area contributed by atoms with Gasteiger partial charge in [-0.3, -0.25) is 9.59 Å². The van der Waals surface area contributed by atoms with Gasteiger partial charge in [0.15, 0.2) is 5.78 Å². The number of rotatable bonds is 6. The molecule has 19 heavy (non-hydrogen) atoms. The molecule has 0 aliphatic carbocycles. The predicted octanol–water partition coefficient (Wildman–Crippen LogP) is 1.94. The number of anilines is 2. The zero-order chi connectivity index (χ0) is 14.7. The average molecular weight is 291 g/mol. The van der Waals surface area contributed by atoms with Crippen LogP contribution >= 0.6 is 11.3 Å². The summed E-state index contributed by atoms with van der Waals surface area (Å²) in [6, 6.07) is 0.